The number of hydrazone groups is 1. The predicted molar refractivity (Wildman–Crippen MR) is 123 cm³/mol. The minimum Gasteiger partial charge on any atom is -0.493 e. The number of hydrogen-bond acceptors (Lipinski definition) is 8. The van der Waals surface area contributed by atoms with E-state index in [-0.39, 0.29) is 11.7 Å². The molecule has 4 rings (SSSR count). The molecule has 1 aliphatic rings. The average molecular weight is 432 g/mol. The lowest BCUT2D eigenvalue weighted by molar-refractivity contribution is 0.326. The molecule has 0 saturated carbocycles. The lowest BCUT2D eigenvalue weighted by Crippen LogP contribution is -2.29. The molecule has 1 aromatic heterocycles. The van der Waals surface area contributed by atoms with Crippen molar-refractivity contribution in [3.63, 3.8) is 0 Å². The lowest BCUT2D eigenvalue weighted by atomic mass is 10.0. The highest BCUT2D eigenvalue weighted by Crippen LogP contribution is 2.38. The van der Waals surface area contributed by atoms with E-state index >= 15 is 0 Å². The number of rotatable bonds is 8. The summed E-state index contributed by atoms with van der Waals surface area (Å²) in [7, 11) is 1.61. The number of nitrogens with zero attached hydrogens (tertiary/aromatic N) is 3. The van der Waals surface area contributed by atoms with Gasteiger partial charge in [0.15, 0.2) is 11.5 Å². The van der Waals surface area contributed by atoms with Gasteiger partial charge in [-0.25, -0.2) is 15.4 Å². The van der Waals surface area contributed by atoms with Crippen LogP contribution in [0.5, 0.6) is 11.5 Å². The van der Waals surface area contributed by atoms with E-state index in [2.05, 4.69) is 25.8 Å². The Labute approximate surface area is 185 Å². The second-order valence-electron chi connectivity index (χ2n) is 7.10. The van der Waals surface area contributed by atoms with Gasteiger partial charge >= 0.3 is 0 Å². The zero-order valence-electron chi connectivity index (χ0n) is 17.5. The summed E-state index contributed by atoms with van der Waals surface area (Å²) in [5.41, 5.74) is 18.1. The van der Waals surface area contributed by atoms with Crippen LogP contribution in [0, 0.1) is 5.41 Å². The monoisotopic (exact) mass is 432 g/mol. The smallest absolute Gasteiger partial charge is 0.243 e. The number of ether oxygens (including phenoxy) is 2. The maximum atomic E-state index is 7.57. The van der Waals surface area contributed by atoms with Crippen LogP contribution >= 0.6 is 0 Å². The summed E-state index contributed by atoms with van der Waals surface area (Å²) >= 11 is 0. The largest absolute Gasteiger partial charge is 0.493 e. The molecule has 10 nitrogen and oxygen atoms in total. The Morgan fingerprint density at radius 2 is 1.94 bits per heavy atom. The average Bonchev–Trinajstić information content (AvgIpc) is 3.30. The maximum Gasteiger partial charge on any atom is 0.243 e. The molecule has 2 aromatic carbocycles. The summed E-state index contributed by atoms with van der Waals surface area (Å²) in [4.78, 5) is 8.19. The summed E-state index contributed by atoms with van der Waals surface area (Å²) in [6.45, 7) is 0.607. The third-order valence-corrected chi connectivity index (χ3v) is 4.98. The van der Waals surface area contributed by atoms with Gasteiger partial charge in [-0.3, -0.25) is 5.41 Å². The van der Waals surface area contributed by atoms with Gasteiger partial charge in [0.05, 0.1) is 13.7 Å². The first-order valence-electron chi connectivity index (χ1n) is 9.96. The van der Waals surface area contributed by atoms with Crippen LogP contribution in [0.25, 0.3) is 0 Å². The summed E-state index contributed by atoms with van der Waals surface area (Å²) in [6.07, 6.45) is 4.00. The Balaban J connectivity index is 1.68. The van der Waals surface area contributed by atoms with E-state index in [9.17, 15) is 0 Å². The Morgan fingerprint density at radius 3 is 2.62 bits per heavy atom. The molecule has 0 radical (unpaired) electrons. The summed E-state index contributed by atoms with van der Waals surface area (Å²) in [5, 5.41) is 15.3. The van der Waals surface area contributed by atoms with Gasteiger partial charge in [-0.1, -0.05) is 0 Å². The molecule has 0 fully saturated rings. The SMILES string of the molecule is COc1cc(C(Nc2ccc(C(=N)N)cc2)/C(N)=N/Nc2ncccn2)cc2c1OCC2. The zero-order chi connectivity index (χ0) is 22.5. The molecular formula is C22H24N8O2. The van der Waals surface area contributed by atoms with Crippen molar-refractivity contribution >= 4 is 23.3 Å². The van der Waals surface area contributed by atoms with Crippen molar-refractivity contribution in [3.8, 4) is 11.5 Å². The number of nitrogens with one attached hydrogen (secondary N) is 3. The fraction of sp³-hybridized carbons (Fsp3) is 0.182. The van der Waals surface area contributed by atoms with Crippen molar-refractivity contribution in [1.82, 2.24) is 9.97 Å². The molecule has 3 aromatic rings. The van der Waals surface area contributed by atoms with Crippen LogP contribution in [-0.4, -0.2) is 35.4 Å². The number of nitrogens with two attached hydrogens (primary N) is 2. The number of aromatic nitrogens is 2. The zero-order valence-corrected chi connectivity index (χ0v) is 17.5. The molecule has 2 heterocycles. The van der Waals surface area contributed by atoms with E-state index in [0.29, 0.717) is 23.9 Å². The van der Waals surface area contributed by atoms with Gasteiger partial charge in [0, 0.05) is 35.6 Å². The van der Waals surface area contributed by atoms with Crippen molar-refractivity contribution in [2.75, 3.05) is 24.5 Å². The number of methoxy groups -OCH3 is 1. The third-order valence-electron chi connectivity index (χ3n) is 4.98. The molecule has 0 spiro atoms. The van der Waals surface area contributed by atoms with Crippen LogP contribution < -0.4 is 31.7 Å². The van der Waals surface area contributed by atoms with E-state index in [4.69, 9.17) is 26.4 Å². The Bertz CT molecular complexity index is 1130. The molecule has 10 heteroatoms. The van der Waals surface area contributed by atoms with Crippen molar-refractivity contribution in [3.05, 3.63) is 71.5 Å². The molecule has 0 aliphatic carbocycles. The Kier molecular flexibility index (Phi) is 6.02. The van der Waals surface area contributed by atoms with Gasteiger partial charge < -0.3 is 26.3 Å². The van der Waals surface area contributed by atoms with Crippen molar-refractivity contribution < 1.29 is 9.47 Å². The van der Waals surface area contributed by atoms with E-state index in [1.807, 2.05) is 24.3 Å². The molecule has 0 saturated heterocycles. The number of amidine groups is 2. The molecule has 164 valence electrons. The van der Waals surface area contributed by atoms with Gasteiger partial charge in [-0.05, 0) is 48.0 Å². The highest BCUT2D eigenvalue weighted by Gasteiger charge is 2.24. The van der Waals surface area contributed by atoms with E-state index in [1.54, 1.807) is 37.7 Å². The molecule has 0 bridgehead atoms. The fourth-order valence-corrected chi connectivity index (χ4v) is 3.39. The Morgan fingerprint density at radius 1 is 1.19 bits per heavy atom. The summed E-state index contributed by atoms with van der Waals surface area (Å²) in [6, 6.07) is 12.3. The minimum absolute atomic E-state index is 0.00426. The van der Waals surface area contributed by atoms with Crippen LogP contribution in [0.1, 0.15) is 22.7 Å². The van der Waals surface area contributed by atoms with E-state index in [0.717, 1.165) is 29.0 Å². The highest BCUT2D eigenvalue weighted by molar-refractivity contribution is 5.95. The second kappa shape index (κ2) is 9.21. The second-order valence-corrected chi connectivity index (χ2v) is 7.10. The van der Waals surface area contributed by atoms with Crippen LogP contribution in [0.4, 0.5) is 11.6 Å². The first kappa shape index (κ1) is 20.9. The number of nitrogen functional groups attached to an aromatic ring is 1. The van der Waals surface area contributed by atoms with Gasteiger partial charge in [0.2, 0.25) is 5.95 Å². The van der Waals surface area contributed by atoms with Crippen LogP contribution in [0.15, 0.2) is 60.0 Å². The van der Waals surface area contributed by atoms with Crippen LogP contribution in [0.2, 0.25) is 0 Å². The van der Waals surface area contributed by atoms with Gasteiger partial charge in [-0.2, -0.15) is 5.10 Å². The van der Waals surface area contributed by atoms with Crippen molar-refractivity contribution in [2.24, 2.45) is 16.6 Å². The van der Waals surface area contributed by atoms with Gasteiger partial charge in [-0.15, -0.1) is 0 Å². The number of fused-ring (bicyclic) bond motifs is 1. The van der Waals surface area contributed by atoms with Crippen LogP contribution in [-0.2, 0) is 6.42 Å². The maximum absolute atomic E-state index is 7.57. The third kappa shape index (κ3) is 4.53. The fourth-order valence-electron chi connectivity index (χ4n) is 3.39. The first-order chi connectivity index (χ1) is 15.5. The quantitative estimate of drug-likeness (QED) is 0.206. The predicted octanol–water partition coefficient (Wildman–Crippen LogP) is 2.24. The standard InChI is InChI=1S/C22H24N8O2/c1-31-17-12-15(11-14-7-10-32-19(14)17)18(21(25)29-30-22-26-8-2-9-27-22)28-16-5-3-13(4-6-16)20(23)24/h2-6,8-9,11-12,18,28H,7,10H2,1H3,(H3,23,24)(H2,25,29)(H,26,27,30). The molecule has 7 N–H and O–H groups in total. The normalized spacial score (nSPS) is 13.6. The molecule has 1 aliphatic heterocycles. The van der Waals surface area contributed by atoms with Gasteiger partial charge in [0.1, 0.15) is 17.7 Å². The number of anilines is 2. The first-order valence-corrected chi connectivity index (χ1v) is 9.96. The van der Waals surface area contributed by atoms with E-state index < -0.39 is 6.04 Å². The van der Waals surface area contributed by atoms with Gasteiger partial charge in [0.25, 0.3) is 0 Å². The molecule has 1 atom stereocenters. The number of hydrogen-bond donors (Lipinski definition) is 5. The molecular weight excluding hydrogens is 408 g/mol. The van der Waals surface area contributed by atoms with Crippen LogP contribution in [0.3, 0.4) is 0 Å². The van der Waals surface area contributed by atoms with Crippen molar-refractivity contribution in [2.45, 2.75) is 12.5 Å². The van der Waals surface area contributed by atoms with E-state index in [1.165, 1.54) is 0 Å². The summed E-state index contributed by atoms with van der Waals surface area (Å²) < 4.78 is 11.2. The topological polar surface area (TPSA) is 157 Å². The summed E-state index contributed by atoms with van der Waals surface area (Å²) in [5.74, 6) is 2.01. The highest BCUT2D eigenvalue weighted by atomic mass is 16.5. The number of benzene rings is 2. The molecule has 32 heavy (non-hydrogen) atoms. The molecule has 0 amide bonds. The lowest BCUT2D eigenvalue weighted by Gasteiger charge is -2.22. The minimum atomic E-state index is -0.491. The Hall–Kier alpha value is -4.34. The van der Waals surface area contributed by atoms with Crippen molar-refractivity contribution in [1.29, 1.82) is 5.41 Å². The molecule has 1 unspecified atom stereocenters.